The normalized spacial score (nSPS) is 11.5. The maximum Gasteiger partial charge on any atom is 0.453 e. The average Bonchev–Trinajstić information content (AvgIpc) is 2.57. The molecule has 0 aliphatic heterocycles. The van der Waals surface area contributed by atoms with Crippen LogP contribution >= 0.6 is 0 Å². The second kappa shape index (κ2) is 5.97. The summed E-state index contributed by atoms with van der Waals surface area (Å²) in [5.41, 5.74) is -2.32. The van der Waals surface area contributed by atoms with Crippen LogP contribution in [0.15, 0.2) is 51.7 Å². The molecule has 0 unspecified atom stereocenters. The lowest BCUT2D eigenvalue weighted by Gasteiger charge is -2.14. The summed E-state index contributed by atoms with van der Waals surface area (Å²) in [6.07, 6.45) is -4.94. The molecule has 8 heteroatoms. The molecule has 0 atom stereocenters. The molecule has 0 amide bonds. The van der Waals surface area contributed by atoms with E-state index in [-0.39, 0.29) is 17.4 Å². The van der Waals surface area contributed by atoms with Crippen molar-refractivity contribution >= 4 is 17.3 Å². The van der Waals surface area contributed by atoms with Crippen molar-refractivity contribution in [3.8, 4) is 17.2 Å². The smallest absolute Gasteiger partial charge is 0.453 e. The van der Waals surface area contributed by atoms with Gasteiger partial charge in [-0.15, -0.1) is 0 Å². The van der Waals surface area contributed by atoms with E-state index in [0.29, 0.717) is 0 Å². The Kier molecular flexibility index (Phi) is 3.96. The van der Waals surface area contributed by atoms with Crippen molar-refractivity contribution in [3.05, 3.63) is 64.0 Å². The zero-order valence-corrected chi connectivity index (χ0v) is 12.3. The van der Waals surface area contributed by atoms with Crippen molar-refractivity contribution in [1.29, 1.82) is 0 Å². The highest BCUT2D eigenvalue weighted by Gasteiger charge is 2.41. The number of phenolic OH excluding ortho intramolecular Hbond substituents is 1. The molecule has 3 aromatic rings. The highest BCUT2D eigenvalue weighted by Crippen LogP contribution is 2.39. The minimum atomic E-state index is -5.05. The quantitative estimate of drug-likeness (QED) is 0.719. The highest BCUT2D eigenvalue weighted by molar-refractivity contribution is 5.97. The van der Waals surface area contributed by atoms with Crippen LogP contribution in [0.1, 0.15) is 16.1 Å². The molecule has 3 rings (SSSR count). The van der Waals surface area contributed by atoms with Gasteiger partial charge in [0.25, 0.3) is 5.76 Å². The Morgan fingerprint density at radius 1 is 1.08 bits per heavy atom. The molecule has 0 bridgehead atoms. The summed E-state index contributed by atoms with van der Waals surface area (Å²) >= 11 is 0. The van der Waals surface area contributed by atoms with Crippen LogP contribution in [-0.2, 0) is 6.18 Å². The van der Waals surface area contributed by atoms with Crippen molar-refractivity contribution in [2.45, 2.75) is 6.18 Å². The van der Waals surface area contributed by atoms with Gasteiger partial charge in [-0.3, -0.25) is 9.59 Å². The Labute approximate surface area is 137 Å². The lowest BCUT2D eigenvalue weighted by atomic mass is 10.1. The van der Waals surface area contributed by atoms with Crippen LogP contribution in [0.4, 0.5) is 13.2 Å². The predicted molar refractivity (Wildman–Crippen MR) is 81.1 cm³/mol. The molecule has 1 heterocycles. The standard InChI is InChI=1S/C17H9F3O5/c18-17(19,20)16-15(24-9-4-2-1-3-5-9)13(23)10-6-7-12(22)11(8-21)14(10)25-16/h1-8,22H. The molecule has 0 radical (unpaired) electrons. The van der Waals surface area contributed by atoms with E-state index in [1.165, 1.54) is 24.3 Å². The van der Waals surface area contributed by atoms with E-state index in [0.717, 1.165) is 12.1 Å². The first-order valence-electron chi connectivity index (χ1n) is 6.91. The molecule has 0 spiro atoms. The van der Waals surface area contributed by atoms with Gasteiger partial charge in [0, 0.05) is 0 Å². The van der Waals surface area contributed by atoms with E-state index >= 15 is 0 Å². The molecule has 0 saturated carbocycles. The number of aromatic hydroxyl groups is 1. The molecular weight excluding hydrogens is 341 g/mol. The van der Waals surface area contributed by atoms with Gasteiger partial charge in [-0.25, -0.2) is 0 Å². The maximum absolute atomic E-state index is 13.3. The van der Waals surface area contributed by atoms with E-state index in [4.69, 9.17) is 9.15 Å². The third-order valence-corrected chi connectivity index (χ3v) is 3.37. The Morgan fingerprint density at radius 3 is 2.36 bits per heavy atom. The van der Waals surface area contributed by atoms with E-state index < -0.39 is 40.0 Å². The average molecular weight is 350 g/mol. The first kappa shape index (κ1) is 16.6. The number of ether oxygens (including phenoxy) is 1. The molecule has 0 saturated heterocycles. The number of halogens is 3. The first-order chi connectivity index (χ1) is 11.8. The summed E-state index contributed by atoms with van der Waals surface area (Å²) in [7, 11) is 0. The monoisotopic (exact) mass is 350 g/mol. The Morgan fingerprint density at radius 2 is 1.76 bits per heavy atom. The maximum atomic E-state index is 13.3. The zero-order chi connectivity index (χ0) is 18.2. The number of carbonyl (C=O) groups excluding carboxylic acids is 1. The van der Waals surface area contributed by atoms with Crippen molar-refractivity contribution in [2.75, 3.05) is 0 Å². The third kappa shape index (κ3) is 2.93. The summed E-state index contributed by atoms with van der Waals surface area (Å²) in [4.78, 5) is 23.6. The molecule has 0 aliphatic rings. The van der Waals surface area contributed by atoms with E-state index in [2.05, 4.69) is 0 Å². The third-order valence-electron chi connectivity index (χ3n) is 3.37. The van der Waals surface area contributed by atoms with Gasteiger partial charge in [0.2, 0.25) is 11.2 Å². The zero-order valence-electron chi connectivity index (χ0n) is 12.3. The topological polar surface area (TPSA) is 76.7 Å². The molecule has 1 aromatic heterocycles. The fourth-order valence-corrected chi connectivity index (χ4v) is 2.25. The Balaban J connectivity index is 2.36. The molecule has 25 heavy (non-hydrogen) atoms. The minimum absolute atomic E-state index is 0.00837. The molecule has 128 valence electrons. The molecule has 2 aromatic carbocycles. The van der Waals surface area contributed by atoms with Crippen LogP contribution in [-0.4, -0.2) is 11.4 Å². The van der Waals surface area contributed by atoms with Crippen molar-refractivity contribution < 1.29 is 32.2 Å². The highest BCUT2D eigenvalue weighted by atomic mass is 19.4. The number of phenols is 1. The van der Waals surface area contributed by atoms with Crippen molar-refractivity contribution in [2.24, 2.45) is 0 Å². The lowest BCUT2D eigenvalue weighted by molar-refractivity contribution is -0.154. The van der Waals surface area contributed by atoms with Crippen LogP contribution in [0, 0.1) is 0 Å². The fourth-order valence-electron chi connectivity index (χ4n) is 2.25. The summed E-state index contributed by atoms with van der Waals surface area (Å²) < 4.78 is 49.9. The summed E-state index contributed by atoms with van der Waals surface area (Å²) in [5, 5.41) is 9.27. The second-order valence-corrected chi connectivity index (χ2v) is 5.00. The van der Waals surface area contributed by atoms with Crippen LogP contribution in [0.3, 0.4) is 0 Å². The Bertz CT molecular complexity index is 1010. The molecule has 0 fully saturated rings. The number of para-hydroxylation sites is 1. The molecular formula is C17H9F3O5. The van der Waals surface area contributed by atoms with Gasteiger partial charge in [-0.05, 0) is 24.3 Å². The van der Waals surface area contributed by atoms with Crippen LogP contribution in [0.25, 0.3) is 11.0 Å². The van der Waals surface area contributed by atoms with Gasteiger partial charge >= 0.3 is 6.18 Å². The molecule has 1 N–H and O–H groups in total. The van der Waals surface area contributed by atoms with Crippen molar-refractivity contribution in [1.82, 2.24) is 0 Å². The number of rotatable bonds is 3. The summed E-state index contributed by atoms with van der Waals surface area (Å²) in [5.74, 6) is -3.33. The van der Waals surface area contributed by atoms with Gasteiger partial charge in [0.1, 0.15) is 11.5 Å². The van der Waals surface area contributed by atoms with Gasteiger partial charge in [-0.2, -0.15) is 13.2 Å². The van der Waals surface area contributed by atoms with Gasteiger partial charge in [-0.1, -0.05) is 18.2 Å². The predicted octanol–water partition coefficient (Wildman–Crippen LogP) is 4.12. The first-order valence-corrected chi connectivity index (χ1v) is 6.91. The minimum Gasteiger partial charge on any atom is -0.507 e. The van der Waals surface area contributed by atoms with E-state index in [1.807, 2.05) is 0 Å². The van der Waals surface area contributed by atoms with Crippen molar-refractivity contribution in [3.63, 3.8) is 0 Å². The number of carbonyl (C=O) groups is 1. The van der Waals surface area contributed by atoms with Crippen LogP contribution in [0.2, 0.25) is 0 Å². The molecule has 0 aliphatic carbocycles. The number of hydrogen-bond acceptors (Lipinski definition) is 5. The van der Waals surface area contributed by atoms with E-state index in [1.54, 1.807) is 6.07 Å². The largest absolute Gasteiger partial charge is 0.507 e. The number of benzene rings is 2. The van der Waals surface area contributed by atoms with Gasteiger partial charge in [0.05, 0.1) is 10.9 Å². The Hall–Kier alpha value is -3.29. The van der Waals surface area contributed by atoms with E-state index in [9.17, 15) is 27.9 Å². The van der Waals surface area contributed by atoms with Crippen LogP contribution in [0.5, 0.6) is 17.2 Å². The van der Waals surface area contributed by atoms with Gasteiger partial charge < -0.3 is 14.3 Å². The number of aldehydes is 1. The number of fused-ring (bicyclic) bond motifs is 1. The number of alkyl halides is 3. The number of hydrogen-bond donors (Lipinski definition) is 1. The lowest BCUT2D eigenvalue weighted by Crippen LogP contribution is -2.16. The molecule has 5 nitrogen and oxygen atoms in total. The van der Waals surface area contributed by atoms with Crippen LogP contribution < -0.4 is 10.2 Å². The van der Waals surface area contributed by atoms with Gasteiger partial charge in [0.15, 0.2) is 11.9 Å². The second-order valence-electron chi connectivity index (χ2n) is 5.00. The summed E-state index contributed by atoms with van der Waals surface area (Å²) in [6.45, 7) is 0. The SMILES string of the molecule is O=Cc1c(O)ccc2c(=O)c(Oc3ccccc3)c(C(F)(F)F)oc12. The fraction of sp³-hybridized carbons (Fsp3) is 0.0588. The summed E-state index contributed by atoms with van der Waals surface area (Å²) in [6, 6.07) is 9.49.